The molecule has 7 nitrogen and oxygen atoms in total. The molecule has 2 aromatic heterocycles. The first-order valence-corrected chi connectivity index (χ1v) is 10.9. The Balaban J connectivity index is 1.47. The Morgan fingerprint density at radius 2 is 1.91 bits per heavy atom. The van der Waals surface area contributed by atoms with Crippen molar-refractivity contribution in [3.63, 3.8) is 0 Å². The number of aromatic carboxylic acids is 1. The van der Waals surface area contributed by atoms with Gasteiger partial charge in [-0.25, -0.2) is 9.78 Å². The number of rotatable bonds is 6. The van der Waals surface area contributed by atoms with Crippen LogP contribution in [0.25, 0.3) is 22.4 Å². The second kappa shape index (κ2) is 8.15. The minimum Gasteiger partial charge on any atom is -0.489 e. The molecule has 1 fully saturated rings. The van der Waals surface area contributed by atoms with E-state index in [2.05, 4.69) is 9.72 Å². The predicted molar refractivity (Wildman–Crippen MR) is 120 cm³/mol. The molecule has 164 valence electrons. The van der Waals surface area contributed by atoms with Crippen molar-refractivity contribution in [1.82, 2.24) is 14.7 Å². The van der Waals surface area contributed by atoms with E-state index in [0.29, 0.717) is 18.2 Å². The Kier molecular flexibility index (Phi) is 5.17. The van der Waals surface area contributed by atoms with Crippen LogP contribution in [0.2, 0.25) is 0 Å². The van der Waals surface area contributed by atoms with Gasteiger partial charge in [-0.2, -0.15) is 0 Å². The van der Waals surface area contributed by atoms with Crippen molar-refractivity contribution in [3.05, 3.63) is 65.0 Å². The standard InChI is InChI=1S/C25H25N3O4/c1-15-21(16(2)32-27-15)14-31-20-10-7-17(8-11-20)24-26-22-13-18(25(29)30)9-12-23(22)28(24)19-5-3-4-6-19/h7-13,19H,3-6,14H2,1-2H3,(H,29,30). The van der Waals surface area contributed by atoms with Crippen molar-refractivity contribution in [2.45, 2.75) is 52.2 Å². The summed E-state index contributed by atoms with van der Waals surface area (Å²) >= 11 is 0. The van der Waals surface area contributed by atoms with Crippen LogP contribution in [0.5, 0.6) is 5.75 Å². The number of aromatic nitrogens is 3. The highest BCUT2D eigenvalue weighted by atomic mass is 16.5. The second-order valence-electron chi connectivity index (χ2n) is 8.37. The lowest BCUT2D eigenvalue weighted by molar-refractivity contribution is 0.0697. The zero-order valence-corrected chi connectivity index (χ0v) is 18.2. The third-order valence-electron chi connectivity index (χ3n) is 6.30. The summed E-state index contributed by atoms with van der Waals surface area (Å²) in [5, 5.41) is 13.3. The monoisotopic (exact) mass is 431 g/mol. The molecule has 2 heterocycles. The minimum atomic E-state index is -0.941. The molecule has 0 saturated heterocycles. The highest BCUT2D eigenvalue weighted by molar-refractivity contribution is 5.93. The Hall–Kier alpha value is -3.61. The summed E-state index contributed by atoms with van der Waals surface area (Å²) in [6.45, 7) is 4.19. The number of ether oxygens (including phenoxy) is 1. The Labute approximate surface area is 185 Å². The van der Waals surface area contributed by atoms with Crippen LogP contribution in [-0.2, 0) is 6.61 Å². The third-order valence-corrected chi connectivity index (χ3v) is 6.30. The molecule has 1 aliphatic rings. The molecular weight excluding hydrogens is 406 g/mol. The normalized spacial score (nSPS) is 14.3. The molecule has 1 aliphatic carbocycles. The van der Waals surface area contributed by atoms with Gasteiger partial charge in [0, 0.05) is 11.6 Å². The van der Waals surface area contributed by atoms with Gasteiger partial charge in [-0.3, -0.25) is 0 Å². The molecule has 0 spiro atoms. The Bertz CT molecular complexity index is 1260. The smallest absolute Gasteiger partial charge is 0.335 e. The maximum absolute atomic E-state index is 11.4. The topological polar surface area (TPSA) is 90.4 Å². The van der Waals surface area contributed by atoms with E-state index in [1.807, 2.05) is 44.2 Å². The van der Waals surface area contributed by atoms with E-state index >= 15 is 0 Å². The molecule has 0 atom stereocenters. The van der Waals surface area contributed by atoms with E-state index in [4.69, 9.17) is 14.2 Å². The highest BCUT2D eigenvalue weighted by Gasteiger charge is 2.24. The predicted octanol–water partition coefficient (Wildman–Crippen LogP) is 5.70. The largest absolute Gasteiger partial charge is 0.489 e. The number of carboxylic acids is 1. The molecule has 5 rings (SSSR count). The molecule has 7 heteroatoms. The fourth-order valence-electron chi connectivity index (χ4n) is 4.53. The molecule has 0 amide bonds. The van der Waals surface area contributed by atoms with Gasteiger partial charge in [0.15, 0.2) is 0 Å². The maximum atomic E-state index is 11.4. The summed E-state index contributed by atoms with van der Waals surface area (Å²) in [5.41, 5.74) is 4.73. The van der Waals surface area contributed by atoms with Crippen LogP contribution in [0.1, 0.15) is 59.1 Å². The lowest BCUT2D eigenvalue weighted by atomic mass is 10.1. The number of benzene rings is 2. The number of carbonyl (C=O) groups is 1. The fourth-order valence-corrected chi connectivity index (χ4v) is 4.53. The van der Waals surface area contributed by atoms with Crippen molar-refractivity contribution in [2.75, 3.05) is 0 Å². The van der Waals surface area contributed by atoms with E-state index in [1.165, 1.54) is 12.8 Å². The van der Waals surface area contributed by atoms with Gasteiger partial charge in [0.05, 0.1) is 27.9 Å². The van der Waals surface area contributed by atoms with Crippen molar-refractivity contribution in [1.29, 1.82) is 0 Å². The van der Waals surface area contributed by atoms with Gasteiger partial charge in [0.2, 0.25) is 0 Å². The molecule has 0 radical (unpaired) electrons. The zero-order valence-electron chi connectivity index (χ0n) is 18.2. The first-order chi connectivity index (χ1) is 15.5. The molecule has 1 N–H and O–H groups in total. The van der Waals surface area contributed by atoms with Gasteiger partial charge in [-0.05, 0) is 69.2 Å². The molecule has 4 aromatic rings. The molecule has 0 aliphatic heterocycles. The van der Waals surface area contributed by atoms with Crippen LogP contribution in [0.3, 0.4) is 0 Å². The SMILES string of the molecule is Cc1noc(C)c1COc1ccc(-c2nc3cc(C(=O)O)ccc3n2C2CCCC2)cc1. The number of hydrogen-bond donors (Lipinski definition) is 1. The van der Waals surface area contributed by atoms with Crippen LogP contribution in [0.15, 0.2) is 47.0 Å². The molecule has 2 aromatic carbocycles. The minimum absolute atomic E-state index is 0.253. The first kappa shape index (κ1) is 20.3. The number of fused-ring (bicyclic) bond motifs is 1. The van der Waals surface area contributed by atoms with Gasteiger partial charge in [0.1, 0.15) is 23.9 Å². The van der Waals surface area contributed by atoms with Crippen LogP contribution in [0, 0.1) is 13.8 Å². The molecule has 1 saturated carbocycles. The Morgan fingerprint density at radius 3 is 2.56 bits per heavy atom. The van der Waals surface area contributed by atoms with E-state index in [1.54, 1.807) is 12.1 Å². The van der Waals surface area contributed by atoms with Crippen molar-refractivity contribution in [3.8, 4) is 17.1 Å². The molecule has 32 heavy (non-hydrogen) atoms. The molecule has 0 unspecified atom stereocenters. The first-order valence-electron chi connectivity index (χ1n) is 10.9. The van der Waals surface area contributed by atoms with Gasteiger partial charge in [0.25, 0.3) is 0 Å². The number of carboxylic acid groups (broad SMARTS) is 1. The van der Waals surface area contributed by atoms with Crippen molar-refractivity contribution in [2.24, 2.45) is 0 Å². The number of nitrogens with zero attached hydrogens (tertiary/aromatic N) is 3. The summed E-state index contributed by atoms with van der Waals surface area (Å²) in [5.74, 6) is 1.45. The van der Waals surface area contributed by atoms with Gasteiger partial charge >= 0.3 is 5.97 Å². The van der Waals surface area contributed by atoms with E-state index in [0.717, 1.165) is 52.5 Å². The van der Waals surface area contributed by atoms with E-state index in [-0.39, 0.29) is 5.56 Å². The van der Waals surface area contributed by atoms with Crippen LogP contribution < -0.4 is 4.74 Å². The van der Waals surface area contributed by atoms with Gasteiger partial charge < -0.3 is 18.9 Å². The van der Waals surface area contributed by atoms with Gasteiger partial charge in [-0.15, -0.1) is 0 Å². The number of imidazole rings is 1. The maximum Gasteiger partial charge on any atom is 0.335 e. The number of hydrogen-bond acceptors (Lipinski definition) is 5. The summed E-state index contributed by atoms with van der Waals surface area (Å²) in [4.78, 5) is 16.3. The fraction of sp³-hybridized carbons (Fsp3) is 0.320. The van der Waals surface area contributed by atoms with Crippen molar-refractivity contribution >= 4 is 17.0 Å². The van der Waals surface area contributed by atoms with Crippen LogP contribution in [0.4, 0.5) is 0 Å². The van der Waals surface area contributed by atoms with Crippen LogP contribution in [-0.4, -0.2) is 25.8 Å². The molecular formula is C25H25N3O4. The molecule has 0 bridgehead atoms. The summed E-state index contributed by atoms with van der Waals surface area (Å²) in [7, 11) is 0. The summed E-state index contributed by atoms with van der Waals surface area (Å²) in [6, 6.07) is 13.5. The van der Waals surface area contributed by atoms with Crippen molar-refractivity contribution < 1.29 is 19.2 Å². The lowest BCUT2D eigenvalue weighted by Gasteiger charge is -2.17. The van der Waals surface area contributed by atoms with E-state index in [9.17, 15) is 9.90 Å². The van der Waals surface area contributed by atoms with Gasteiger partial charge in [-0.1, -0.05) is 18.0 Å². The zero-order chi connectivity index (χ0) is 22.2. The Morgan fingerprint density at radius 1 is 1.16 bits per heavy atom. The summed E-state index contributed by atoms with van der Waals surface area (Å²) in [6.07, 6.45) is 4.62. The quantitative estimate of drug-likeness (QED) is 0.421. The average Bonchev–Trinajstić information content (AvgIpc) is 3.51. The number of aryl methyl sites for hydroxylation is 2. The van der Waals surface area contributed by atoms with E-state index < -0.39 is 5.97 Å². The lowest BCUT2D eigenvalue weighted by Crippen LogP contribution is -2.06. The average molecular weight is 431 g/mol. The highest BCUT2D eigenvalue weighted by Crippen LogP contribution is 2.37. The third kappa shape index (κ3) is 3.64. The second-order valence-corrected chi connectivity index (χ2v) is 8.37. The summed E-state index contributed by atoms with van der Waals surface area (Å²) < 4.78 is 13.4. The van der Waals surface area contributed by atoms with Crippen LogP contribution >= 0.6 is 0 Å².